The molecule has 1 saturated heterocycles. The van der Waals surface area contributed by atoms with Gasteiger partial charge in [-0.1, -0.05) is 12.1 Å². The maximum Gasteiger partial charge on any atom is 0.319 e. The molecule has 24 heavy (non-hydrogen) atoms. The Morgan fingerprint density at radius 2 is 2.17 bits per heavy atom. The summed E-state index contributed by atoms with van der Waals surface area (Å²) >= 11 is 0. The van der Waals surface area contributed by atoms with Crippen LogP contribution in [0, 0.1) is 5.92 Å². The van der Waals surface area contributed by atoms with Crippen molar-refractivity contribution in [1.82, 2.24) is 5.32 Å². The lowest BCUT2D eigenvalue weighted by molar-refractivity contribution is 0.0648. The molecule has 2 bridgehead atoms. The third-order valence-corrected chi connectivity index (χ3v) is 5.98. The number of methoxy groups -OCH3 is 1. The topological polar surface area (TPSA) is 53.6 Å². The fraction of sp³-hybridized carbons (Fsp3) is 0.632. The number of para-hydroxylation sites is 2. The van der Waals surface area contributed by atoms with Crippen molar-refractivity contribution in [3.63, 3.8) is 0 Å². The molecule has 3 fully saturated rings. The molecule has 2 aliphatic carbocycles. The Kier molecular flexibility index (Phi) is 4.12. The zero-order chi connectivity index (χ0) is 16.6. The van der Waals surface area contributed by atoms with Crippen LogP contribution < -0.4 is 15.5 Å². The van der Waals surface area contributed by atoms with Gasteiger partial charge in [-0.3, -0.25) is 0 Å². The molecule has 1 aromatic carbocycles. The van der Waals surface area contributed by atoms with E-state index in [1.165, 1.54) is 19.3 Å². The van der Waals surface area contributed by atoms with E-state index in [1.54, 1.807) is 7.11 Å². The lowest BCUT2D eigenvalue weighted by Gasteiger charge is -2.41. The highest BCUT2D eigenvalue weighted by molar-refractivity contribution is 5.93. The maximum atomic E-state index is 12.5. The lowest BCUT2D eigenvalue weighted by Crippen LogP contribution is -2.57. The number of benzene rings is 1. The largest absolute Gasteiger partial charge is 0.382 e. The number of carbonyl (C=O) groups is 1. The molecule has 130 valence electrons. The van der Waals surface area contributed by atoms with Crippen LogP contribution in [0.15, 0.2) is 24.3 Å². The average Bonchev–Trinajstić information content (AvgIpc) is 3.16. The van der Waals surface area contributed by atoms with Gasteiger partial charge in [0.15, 0.2) is 0 Å². The summed E-state index contributed by atoms with van der Waals surface area (Å²) in [7, 11) is 1.69. The molecule has 2 atom stereocenters. The number of amides is 2. The van der Waals surface area contributed by atoms with Crippen LogP contribution >= 0.6 is 0 Å². The molecule has 2 saturated carbocycles. The van der Waals surface area contributed by atoms with Crippen molar-refractivity contribution < 1.29 is 9.53 Å². The number of piperidine rings is 1. The molecule has 1 aliphatic heterocycles. The first-order valence-corrected chi connectivity index (χ1v) is 9.13. The minimum absolute atomic E-state index is 0.122. The maximum absolute atomic E-state index is 12.5. The summed E-state index contributed by atoms with van der Waals surface area (Å²) in [6, 6.07) is 8.70. The van der Waals surface area contributed by atoms with Crippen LogP contribution in [0.3, 0.4) is 0 Å². The second kappa shape index (κ2) is 6.28. The molecule has 2 unspecified atom stereocenters. The molecule has 4 rings (SSSR count). The van der Waals surface area contributed by atoms with E-state index in [4.69, 9.17) is 4.74 Å². The Labute approximate surface area is 143 Å². The number of nitrogens with zero attached hydrogens (tertiary/aromatic N) is 1. The van der Waals surface area contributed by atoms with Crippen LogP contribution in [-0.2, 0) is 4.74 Å². The molecule has 0 aromatic heterocycles. The van der Waals surface area contributed by atoms with Gasteiger partial charge >= 0.3 is 6.03 Å². The number of anilines is 2. The SMILES string of the molecule is COCC1(NC(=O)Nc2ccccc2N2CC3CCC2C3)CCC1. The summed E-state index contributed by atoms with van der Waals surface area (Å²) in [5.41, 5.74) is 1.89. The number of hydrogen-bond acceptors (Lipinski definition) is 3. The minimum atomic E-state index is -0.180. The molecule has 0 radical (unpaired) electrons. The van der Waals surface area contributed by atoms with Gasteiger partial charge in [-0.25, -0.2) is 4.79 Å². The molecule has 5 nitrogen and oxygen atoms in total. The second-order valence-corrected chi connectivity index (χ2v) is 7.65. The monoisotopic (exact) mass is 329 g/mol. The van der Waals surface area contributed by atoms with Gasteiger partial charge in [0.25, 0.3) is 0 Å². The summed E-state index contributed by atoms with van der Waals surface area (Å²) in [5.74, 6) is 0.830. The summed E-state index contributed by atoms with van der Waals surface area (Å²) in [6.45, 7) is 1.70. The first-order chi connectivity index (χ1) is 11.7. The third kappa shape index (κ3) is 2.86. The van der Waals surface area contributed by atoms with Gasteiger partial charge in [-0.15, -0.1) is 0 Å². The van der Waals surface area contributed by atoms with E-state index in [1.807, 2.05) is 12.1 Å². The van der Waals surface area contributed by atoms with E-state index < -0.39 is 0 Å². The molecule has 5 heteroatoms. The Morgan fingerprint density at radius 1 is 1.33 bits per heavy atom. The number of urea groups is 1. The van der Waals surface area contributed by atoms with Crippen LogP contribution in [0.25, 0.3) is 0 Å². The second-order valence-electron chi connectivity index (χ2n) is 7.65. The van der Waals surface area contributed by atoms with Crippen molar-refractivity contribution in [3.8, 4) is 0 Å². The fourth-order valence-corrected chi connectivity index (χ4v) is 4.63. The highest BCUT2D eigenvalue weighted by Gasteiger charge is 2.40. The smallest absolute Gasteiger partial charge is 0.319 e. The van der Waals surface area contributed by atoms with Crippen LogP contribution in [0.5, 0.6) is 0 Å². The minimum Gasteiger partial charge on any atom is -0.382 e. The molecule has 0 spiro atoms. The number of carbonyl (C=O) groups excluding carboxylic acids is 1. The fourth-order valence-electron chi connectivity index (χ4n) is 4.63. The van der Waals surface area contributed by atoms with Gasteiger partial charge in [-0.2, -0.15) is 0 Å². The Morgan fingerprint density at radius 3 is 2.79 bits per heavy atom. The predicted molar refractivity (Wildman–Crippen MR) is 95.5 cm³/mol. The number of rotatable bonds is 5. The van der Waals surface area contributed by atoms with E-state index in [9.17, 15) is 4.79 Å². The van der Waals surface area contributed by atoms with Gasteiger partial charge in [0.2, 0.25) is 0 Å². The van der Waals surface area contributed by atoms with Gasteiger partial charge in [-0.05, 0) is 56.6 Å². The zero-order valence-corrected chi connectivity index (χ0v) is 14.4. The van der Waals surface area contributed by atoms with Crippen LogP contribution in [0.4, 0.5) is 16.2 Å². The Balaban J connectivity index is 1.46. The summed E-state index contributed by atoms with van der Waals surface area (Å²) in [5, 5.41) is 6.22. The van der Waals surface area contributed by atoms with Crippen molar-refractivity contribution in [1.29, 1.82) is 0 Å². The van der Waals surface area contributed by atoms with Crippen LogP contribution in [0.2, 0.25) is 0 Å². The molecule has 3 aliphatic rings. The van der Waals surface area contributed by atoms with Crippen molar-refractivity contribution in [2.24, 2.45) is 5.92 Å². The Bertz CT molecular complexity index is 614. The van der Waals surface area contributed by atoms with Crippen molar-refractivity contribution in [2.45, 2.75) is 50.1 Å². The van der Waals surface area contributed by atoms with Crippen LogP contribution in [0.1, 0.15) is 38.5 Å². The van der Waals surface area contributed by atoms with E-state index in [0.29, 0.717) is 12.6 Å². The Hall–Kier alpha value is -1.75. The van der Waals surface area contributed by atoms with E-state index in [-0.39, 0.29) is 11.6 Å². The highest BCUT2D eigenvalue weighted by Crippen LogP contribution is 2.42. The first-order valence-electron chi connectivity index (χ1n) is 9.13. The summed E-state index contributed by atoms with van der Waals surface area (Å²) < 4.78 is 5.29. The van der Waals surface area contributed by atoms with E-state index in [2.05, 4.69) is 27.7 Å². The normalized spacial score (nSPS) is 27.0. The average molecular weight is 329 g/mol. The number of fused-ring (bicyclic) bond motifs is 2. The molecule has 2 N–H and O–H groups in total. The summed E-state index contributed by atoms with van der Waals surface area (Å²) in [6.07, 6.45) is 7.07. The molecule has 1 aromatic rings. The van der Waals surface area contributed by atoms with Gasteiger partial charge in [0.1, 0.15) is 0 Å². The molecule has 2 amide bonds. The molecular weight excluding hydrogens is 302 g/mol. The standard InChI is InChI=1S/C19H27N3O2/c1-24-13-19(9-4-10-19)21-18(23)20-16-5-2-3-6-17(16)22-12-14-7-8-15(22)11-14/h2-3,5-6,14-15H,4,7-13H2,1H3,(H2,20,21,23). The van der Waals surface area contributed by atoms with E-state index in [0.717, 1.165) is 43.1 Å². The van der Waals surface area contributed by atoms with E-state index >= 15 is 0 Å². The van der Waals surface area contributed by atoms with Gasteiger partial charge in [0, 0.05) is 19.7 Å². The van der Waals surface area contributed by atoms with Crippen molar-refractivity contribution in [2.75, 3.05) is 30.5 Å². The predicted octanol–water partition coefficient (Wildman–Crippen LogP) is 3.37. The zero-order valence-electron chi connectivity index (χ0n) is 14.4. The first kappa shape index (κ1) is 15.8. The van der Waals surface area contributed by atoms with Crippen molar-refractivity contribution in [3.05, 3.63) is 24.3 Å². The number of nitrogens with one attached hydrogen (secondary N) is 2. The quantitative estimate of drug-likeness (QED) is 0.871. The van der Waals surface area contributed by atoms with Crippen molar-refractivity contribution >= 4 is 17.4 Å². The molecular formula is C19H27N3O2. The lowest BCUT2D eigenvalue weighted by atomic mass is 9.77. The number of ether oxygens (including phenoxy) is 1. The molecule has 1 heterocycles. The summed E-state index contributed by atoms with van der Waals surface area (Å²) in [4.78, 5) is 15.0. The van der Waals surface area contributed by atoms with Crippen LogP contribution in [-0.4, -0.2) is 37.9 Å². The number of hydrogen-bond donors (Lipinski definition) is 2. The third-order valence-electron chi connectivity index (χ3n) is 5.98. The van der Waals surface area contributed by atoms with Gasteiger partial charge < -0.3 is 20.3 Å². The van der Waals surface area contributed by atoms with Gasteiger partial charge in [0.05, 0.1) is 23.5 Å². The highest BCUT2D eigenvalue weighted by atomic mass is 16.5.